The van der Waals surface area contributed by atoms with E-state index in [-0.39, 0.29) is 11.6 Å². The fourth-order valence-electron chi connectivity index (χ4n) is 2.50. The van der Waals surface area contributed by atoms with Gasteiger partial charge in [-0.15, -0.1) is 0 Å². The van der Waals surface area contributed by atoms with Gasteiger partial charge in [-0.3, -0.25) is 0 Å². The van der Waals surface area contributed by atoms with Gasteiger partial charge in [-0.2, -0.15) is 0 Å². The van der Waals surface area contributed by atoms with Crippen LogP contribution in [-0.2, 0) is 5.54 Å². The topological polar surface area (TPSA) is 50.4 Å². The van der Waals surface area contributed by atoms with E-state index in [1.807, 2.05) is 48.5 Å². The normalized spacial score (nSPS) is 15.0. The molecule has 2 N–H and O–H groups in total. The standard InChI is InChI=1S/C17H17BrN2O2/c1-22-15-5-3-2-4-14(15)19-16(21)20-17(10-11-17)12-6-8-13(18)9-7-12/h2-9H,10-11H2,1H3,(H2,19,20,21). The monoisotopic (exact) mass is 360 g/mol. The van der Waals surface area contributed by atoms with Crippen molar-refractivity contribution < 1.29 is 9.53 Å². The van der Waals surface area contributed by atoms with Crippen LogP contribution in [0.15, 0.2) is 53.0 Å². The average molecular weight is 361 g/mol. The number of nitrogens with one attached hydrogen (secondary N) is 2. The maximum absolute atomic E-state index is 12.3. The summed E-state index contributed by atoms with van der Waals surface area (Å²) in [5, 5.41) is 5.94. The Morgan fingerprint density at radius 2 is 1.82 bits per heavy atom. The first-order valence-electron chi connectivity index (χ1n) is 7.11. The quantitative estimate of drug-likeness (QED) is 0.855. The van der Waals surface area contributed by atoms with Crippen molar-refractivity contribution in [3.05, 3.63) is 58.6 Å². The number of carbonyl (C=O) groups is 1. The third-order valence-electron chi connectivity index (χ3n) is 3.85. The lowest BCUT2D eigenvalue weighted by Crippen LogP contribution is -2.38. The maximum atomic E-state index is 12.3. The number of rotatable bonds is 4. The van der Waals surface area contributed by atoms with E-state index in [9.17, 15) is 4.79 Å². The van der Waals surface area contributed by atoms with Gasteiger partial charge in [-0.1, -0.05) is 40.2 Å². The summed E-state index contributed by atoms with van der Waals surface area (Å²) in [4.78, 5) is 12.3. The molecule has 0 heterocycles. The molecule has 5 heteroatoms. The van der Waals surface area contributed by atoms with Crippen LogP contribution in [0.4, 0.5) is 10.5 Å². The summed E-state index contributed by atoms with van der Waals surface area (Å²) in [5.41, 5.74) is 1.55. The summed E-state index contributed by atoms with van der Waals surface area (Å²) in [7, 11) is 1.59. The van der Waals surface area contributed by atoms with Crippen LogP contribution < -0.4 is 15.4 Å². The van der Waals surface area contributed by atoms with Crippen LogP contribution in [0.1, 0.15) is 18.4 Å². The Hall–Kier alpha value is -2.01. The van der Waals surface area contributed by atoms with E-state index in [2.05, 4.69) is 26.6 Å². The van der Waals surface area contributed by atoms with E-state index in [0.29, 0.717) is 11.4 Å². The van der Waals surface area contributed by atoms with Gasteiger partial charge < -0.3 is 15.4 Å². The number of anilines is 1. The van der Waals surface area contributed by atoms with Gasteiger partial charge in [0.2, 0.25) is 0 Å². The highest BCUT2D eigenvalue weighted by Gasteiger charge is 2.45. The minimum atomic E-state index is -0.243. The lowest BCUT2D eigenvalue weighted by Gasteiger charge is -2.19. The molecule has 0 unspecified atom stereocenters. The van der Waals surface area contributed by atoms with Crippen molar-refractivity contribution in [2.24, 2.45) is 0 Å². The molecular formula is C17H17BrN2O2. The summed E-state index contributed by atoms with van der Waals surface area (Å²) in [6, 6.07) is 15.2. The molecule has 2 aromatic carbocycles. The number of halogens is 1. The molecule has 1 saturated carbocycles. The lowest BCUT2D eigenvalue weighted by atomic mass is 10.1. The minimum Gasteiger partial charge on any atom is -0.495 e. The second kappa shape index (κ2) is 6.01. The Balaban J connectivity index is 1.70. The molecule has 0 aliphatic heterocycles. The number of ether oxygens (including phenoxy) is 1. The van der Waals surface area contributed by atoms with Crippen molar-refractivity contribution in [3.8, 4) is 5.75 Å². The van der Waals surface area contributed by atoms with E-state index in [1.165, 1.54) is 0 Å². The van der Waals surface area contributed by atoms with Gasteiger partial charge >= 0.3 is 6.03 Å². The van der Waals surface area contributed by atoms with Gasteiger partial charge in [-0.05, 0) is 42.7 Å². The molecule has 2 aromatic rings. The van der Waals surface area contributed by atoms with Gasteiger partial charge in [0.1, 0.15) is 5.75 Å². The first kappa shape index (κ1) is 14.9. The van der Waals surface area contributed by atoms with E-state index in [1.54, 1.807) is 7.11 Å². The Morgan fingerprint density at radius 1 is 1.14 bits per heavy atom. The Morgan fingerprint density at radius 3 is 2.45 bits per heavy atom. The molecule has 0 aromatic heterocycles. The number of benzene rings is 2. The Kier molecular flexibility index (Phi) is 4.07. The summed E-state index contributed by atoms with van der Waals surface area (Å²) in [6.45, 7) is 0. The molecule has 0 bridgehead atoms. The van der Waals surface area contributed by atoms with E-state index in [4.69, 9.17) is 4.74 Å². The zero-order chi connectivity index (χ0) is 15.6. The second-order valence-electron chi connectivity index (χ2n) is 5.37. The number of carbonyl (C=O) groups excluding carboxylic acids is 1. The number of amides is 2. The number of hydrogen-bond acceptors (Lipinski definition) is 2. The molecule has 0 radical (unpaired) electrons. The van der Waals surface area contributed by atoms with Gasteiger partial charge in [0, 0.05) is 4.47 Å². The van der Waals surface area contributed by atoms with Crippen LogP contribution in [0.5, 0.6) is 5.75 Å². The van der Waals surface area contributed by atoms with Crippen LogP contribution >= 0.6 is 15.9 Å². The first-order valence-corrected chi connectivity index (χ1v) is 7.90. The van der Waals surface area contributed by atoms with E-state index < -0.39 is 0 Å². The largest absolute Gasteiger partial charge is 0.495 e. The zero-order valence-corrected chi connectivity index (χ0v) is 13.8. The summed E-state index contributed by atoms with van der Waals surface area (Å²) < 4.78 is 6.27. The SMILES string of the molecule is COc1ccccc1NC(=O)NC1(c2ccc(Br)cc2)CC1. The number of para-hydroxylation sites is 2. The third kappa shape index (κ3) is 3.09. The van der Waals surface area contributed by atoms with Gasteiger partial charge in [0.25, 0.3) is 0 Å². The van der Waals surface area contributed by atoms with E-state index in [0.717, 1.165) is 22.9 Å². The van der Waals surface area contributed by atoms with Crippen LogP contribution in [-0.4, -0.2) is 13.1 Å². The molecular weight excluding hydrogens is 344 g/mol. The zero-order valence-electron chi connectivity index (χ0n) is 12.2. The molecule has 1 fully saturated rings. The lowest BCUT2D eigenvalue weighted by molar-refractivity contribution is 0.247. The number of urea groups is 1. The third-order valence-corrected chi connectivity index (χ3v) is 4.38. The van der Waals surface area contributed by atoms with Crippen LogP contribution in [0.2, 0.25) is 0 Å². The maximum Gasteiger partial charge on any atom is 0.320 e. The first-order chi connectivity index (χ1) is 10.6. The summed E-state index contributed by atoms with van der Waals surface area (Å²) in [6.07, 6.45) is 1.90. The molecule has 114 valence electrons. The van der Waals surface area contributed by atoms with Gasteiger partial charge in [0.15, 0.2) is 0 Å². The van der Waals surface area contributed by atoms with Crippen molar-refractivity contribution in [1.82, 2.24) is 5.32 Å². The van der Waals surface area contributed by atoms with Crippen molar-refractivity contribution in [2.45, 2.75) is 18.4 Å². The molecule has 22 heavy (non-hydrogen) atoms. The van der Waals surface area contributed by atoms with Crippen LogP contribution in [0.25, 0.3) is 0 Å². The molecule has 0 spiro atoms. The van der Waals surface area contributed by atoms with Crippen molar-refractivity contribution in [1.29, 1.82) is 0 Å². The van der Waals surface area contributed by atoms with Crippen LogP contribution in [0.3, 0.4) is 0 Å². The molecule has 2 amide bonds. The molecule has 4 nitrogen and oxygen atoms in total. The van der Waals surface area contributed by atoms with Gasteiger partial charge in [-0.25, -0.2) is 4.79 Å². The highest BCUT2D eigenvalue weighted by Crippen LogP contribution is 2.45. The second-order valence-corrected chi connectivity index (χ2v) is 6.28. The molecule has 3 rings (SSSR count). The fraction of sp³-hybridized carbons (Fsp3) is 0.235. The van der Waals surface area contributed by atoms with Crippen molar-refractivity contribution in [2.75, 3.05) is 12.4 Å². The van der Waals surface area contributed by atoms with E-state index >= 15 is 0 Å². The summed E-state index contributed by atoms with van der Waals surface area (Å²) >= 11 is 3.43. The summed E-state index contributed by atoms with van der Waals surface area (Å²) in [5.74, 6) is 0.645. The predicted octanol–water partition coefficient (Wildman–Crippen LogP) is 4.27. The number of hydrogen-bond donors (Lipinski definition) is 2. The van der Waals surface area contributed by atoms with Crippen LogP contribution in [0, 0.1) is 0 Å². The highest BCUT2D eigenvalue weighted by atomic mass is 79.9. The Bertz CT molecular complexity index is 681. The molecule has 0 atom stereocenters. The number of methoxy groups -OCH3 is 1. The average Bonchev–Trinajstić information content (AvgIpc) is 3.29. The highest BCUT2D eigenvalue weighted by molar-refractivity contribution is 9.10. The fourth-order valence-corrected chi connectivity index (χ4v) is 2.76. The predicted molar refractivity (Wildman–Crippen MR) is 90.2 cm³/mol. The molecule has 1 aliphatic carbocycles. The smallest absolute Gasteiger partial charge is 0.320 e. The van der Waals surface area contributed by atoms with Crippen molar-refractivity contribution >= 4 is 27.6 Å². The molecule has 0 saturated heterocycles. The minimum absolute atomic E-state index is 0.218. The Labute approximate surface area is 138 Å². The van der Waals surface area contributed by atoms with Crippen molar-refractivity contribution in [3.63, 3.8) is 0 Å². The molecule has 1 aliphatic rings. The van der Waals surface area contributed by atoms with Gasteiger partial charge in [0.05, 0.1) is 18.3 Å².